The van der Waals surface area contributed by atoms with Gasteiger partial charge in [0.25, 0.3) is 0 Å². The molecule has 0 atom stereocenters. The van der Waals surface area contributed by atoms with Crippen molar-refractivity contribution >= 4 is 43.6 Å². The average Bonchev–Trinajstić information content (AvgIpc) is 3.79. The van der Waals surface area contributed by atoms with Gasteiger partial charge in [-0.15, -0.1) is 0 Å². The molecule has 59 heavy (non-hydrogen) atoms. The van der Waals surface area contributed by atoms with Crippen molar-refractivity contribution in [3.63, 3.8) is 0 Å². The molecule has 4 heteroatoms. The Morgan fingerprint density at radius 2 is 0.797 bits per heavy atom. The van der Waals surface area contributed by atoms with Crippen LogP contribution in [0.4, 0.5) is 0 Å². The van der Waals surface area contributed by atoms with E-state index in [1.807, 2.05) is 0 Å². The molecule has 0 bridgehead atoms. The van der Waals surface area contributed by atoms with Crippen molar-refractivity contribution in [1.82, 2.24) is 19.1 Å². The summed E-state index contributed by atoms with van der Waals surface area (Å²) in [7, 11) is 0. The van der Waals surface area contributed by atoms with Crippen LogP contribution >= 0.6 is 0 Å². The second-order valence-electron chi connectivity index (χ2n) is 15.7. The summed E-state index contributed by atoms with van der Waals surface area (Å²) in [5, 5.41) is 5.01. The number of aromatic nitrogens is 4. The summed E-state index contributed by atoms with van der Waals surface area (Å²) >= 11 is 0. The SMILES string of the molecule is Cc1ccc(-c2cc(-c3ccc(-c4ccc(-n5c6ccccc6c6cc(-n7c8ccccc8c8ccccc87)ccc65)cc4)c(C)c3)nc(-c3ccc(C)cc3)n2)cc1. The van der Waals surface area contributed by atoms with E-state index in [4.69, 9.17) is 9.97 Å². The van der Waals surface area contributed by atoms with Gasteiger partial charge in [0.15, 0.2) is 5.82 Å². The Labute approximate surface area is 343 Å². The van der Waals surface area contributed by atoms with Crippen LogP contribution in [-0.4, -0.2) is 19.1 Å². The largest absolute Gasteiger partial charge is 0.309 e. The molecule has 0 saturated heterocycles. The molecule has 0 N–H and O–H groups in total. The van der Waals surface area contributed by atoms with Crippen molar-refractivity contribution in [2.75, 3.05) is 0 Å². The van der Waals surface area contributed by atoms with Crippen molar-refractivity contribution < 1.29 is 0 Å². The molecular weight excluding hydrogens is 717 g/mol. The summed E-state index contributed by atoms with van der Waals surface area (Å²) in [6.45, 7) is 6.40. The number of fused-ring (bicyclic) bond motifs is 6. The maximum atomic E-state index is 5.11. The Morgan fingerprint density at radius 3 is 1.39 bits per heavy atom. The van der Waals surface area contributed by atoms with Gasteiger partial charge >= 0.3 is 0 Å². The molecule has 0 aliphatic heterocycles. The second kappa shape index (κ2) is 13.8. The van der Waals surface area contributed by atoms with E-state index in [9.17, 15) is 0 Å². The van der Waals surface area contributed by atoms with Crippen molar-refractivity contribution in [2.45, 2.75) is 20.8 Å². The first-order valence-electron chi connectivity index (χ1n) is 20.2. The molecular formula is C55H40N4. The van der Waals surface area contributed by atoms with Gasteiger partial charge in [0, 0.05) is 49.6 Å². The van der Waals surface area contributed by atoms with Gasteiger partial charge in [0.2, 0.25) is 0 Å². The predicted octanol–water partition coefficient (Wildman–Crippen LogP) is 14.3. The lowest BCUT2D eigenvalue weighted by Crippen LogP contribution is -1.97. The van der Waals surface area contributed by atoms with Crippen LogP contribution in [-0.2, 0) is 0 Å². The number of nitrogens with zero attached hydrogens (tertiary/aromatic N) is 4. The third kappa shape index (κ3) is 5.92. The van der Waals surface area contributed by atoms with Gasteiger partial charge in [-0.25, -0.2) is 9.97 Å². The smallest absolute Gasteiger partial charge is 0.160 e. The first-order chi connectivity index (χ1) is 29.0. The third-order valence-corrected chi connectivity index (χ3v) is 11.8. The molecule has 8 aromatic carbocycles. The summed E-state index contributed by atoms with van der Waals surface area (Å²) in [4.78, 5) is 10.1. The van der Waals surface area contributed by atoms with Crippen molar-refractivity contribution in [3.05, 3.63) is 205 Å². The summed E-state index contributed by atoms with van der Waals surface area (Å²) in [6.07, 6.45) is 0. The zero-order valence-corrected chi connectivity index (χ0v) is 33.2. The quantitative estimate of drug-likeness (QED) is 0.169. The molecule has 3 heterocycles. The number of hydrogen-bond acceptors (Lipinski definition) is 2. The molecule has 280 valence electrons. The summed E-state index contributed by atoms with van der Waals surface area (Å²) < 4.78 is 4.79. The van der Waals surface area contributed by atoms with Crippen LogP contribution in [0.3, 0.4) is 0 Å². The Bertz CT molecular complexity index is 3270. The predicted molar refractivity (Wildman–Crippen MR) is 247 cm³/mol. The minimum atomic E-state index is 0.725. The van der Waals surface area contributed by atoms with Gasteiger partial charge < -0.3 is 9.13 Å². The number of benzene rings is 8. The molecule has 0 aliphatic carbocycles. The van der Waals surface area contributed by atoms with E-state index in [-0.39, 0.29) is 0 Å². The van der Waals surface area contributed by atoms with E-state index in [0.29, 0.717) is 0 Å². The first kappa shape index (κ1) is 34.7. The van der Waals surface area contributed by atoms with E-state index >= 15 is 0 Å². The fourth-order valence-electron chi connectivity index (χ4n) is 8.81. The molecule has 3 aromatic heterocycles. The molecule has 0 saturated carbocycles. The van der Waals surface area contributed by atoms with E-state index < -0.39 is 0 Å². The number of aryl methyl sites for hydroxylation is 3. The lowest BCUT2D eigenvalue weighted by molar-refractivity contribution is 1.16. The summed E-state index contributed by atoms with van der Waals surface area (Å²) in [5.74, 6) is 0.725. The highest BCUT2D eigenvalue weighted by molar-refractivity contribution is 6.12. The molecule has 0 aliphatic rings. The lowest BCUT2D eigenvalue weighted by atomic mass is 9.96. The Hall–Kier alpha value is -7.56. The fraction of sp³-hybridized carbons (Fsp3) is 0.0545. The average molecular weight is 757 g/mol. The number of hydrogen-bond donors (Lipinski definition) is 0. The van der Waals surface area contributed by atoms with E-state index in [1.165, 1.54) is 71.4 Å². The Morgan fingerprint density at radius 1 is 0.339 bits per heavy atom. The Balaban J connectivity index is 0.963. The van der Waals surface area contributed by atoms with E-state index in [2.05, 4.69) is 218 Å². The van der Waals surface area contributed by atoms with Crippen LogP contribution in [0.2, 0.25) is 0 Å². The third-order valence-electron chi connectivity index (χ3n) is 11.8. The zero-order chi connectivity index (χ0) is 39.6. The van der Waals surface area contributed by atoms with Gasteiger partial charge in [0.1, 0.15) is 0 Å². The van der Waals surface area contributed by atoms with Crippen LogP contribution < -0.4 is 0 Å². The van der Waals surface area contributed by atoms with Gasteiger partial charge in [-0.2, -0.15) is 0 Å². The first-order valence-corrected chi connectivity index (χ1v) is 20.2. The molecule has 11 aromatic rings. The molecule has 0 unspecified atom stereocenters. The normalized spacial score (nSPS) is 11.6. The second-order valence-corrected chi connectivity index (χ2v) is 15.7. The standard InChI is InChI=1S/C55H40N4/c1-35-16-20-39(21-17-35)49-34-50(57-55(56-49)40-22-18-36(2)19-23-40)41-26-30-44(37(3)32-41)38-24-27-42(28-25-38)58-53-15-9-6-12-47(53)48-33-43(29-31-54(48)58)59-51-13-7-4-10-45(51)46-11-5-8-14-52(46)59/h4-34H,1-3H3. The fourth-order valence-corrected chi connectivity index (χ4v) is 8.81. The molecule has 4 nitrogen and oxygen atoms in total. The zero-order valence-electron chi connectivity index (χ0n) is 33.2. The molecule has 11 rings (SSSR count). The highest BCUT2D eigenvalue weighted by Crippen LogP contribution is 2.38. The van der Waals surface area contributed by atoms with Gasteiger partial charge in [0.05, 0.1) is 33.5 Å². The topological polar surface area (TPSA) is 35.6 Å². The Kier molecular flexibility index (Phi) is 8.12. The molecule has 0 fully saturated rings. The van der Waals surface area contributed by atoms with Gasteiger partial charge in [-0.1, -0.05) is 139 Å². The van der Waals surface area contributed by atoms with Crippen LogP contribution in [0, 0.1) is 20.8 Å². The van der Waals surface area contributed by atoms with Crippen LogP contribution in [0.1, 0.15) is 16.7 Å². The number of rotatable bonds is 6. The van der Waals surface area contributed by atoms with Gasteiger partial charge in [-0.3, -0.25) is 0 Å². The maximum absolute atomic E-state index is 5.11. The monoisotopic (exact) mass is 756 g/mol. The summed E-state index contributed by atoms with van der Waals surface area (Å²) in [5.41, 5.74) is 18.1. The lowest BCUT2D eigenvalue weighted by Gasteiger charge is -2.13. The van der Waals surface area contributed by atoms with E-state index in [0.717, 1.165) is 45.3 Å². The molecule has 0 spiro atoms. The highest BCUT2D eigenvalue weighted by Gasteiger charge is 2.17. The van der Waals surface area contributed by atoms with Crippen molar-refractivity contribution in [3.8, 4) is 56.4 Å². The maximum Gasteiger partial charge on any atom is 0.160 e. The minimum Gasteiger partial charge on any atom is -0.309 e. The molecule has 0 radical (unpaired) electrons. The minimum absolute atomic E-state index is 0.725. The molecule has 0 amide bonds. The van der Waals surface area contributed by atoms with Crippen LogP contribution in [0.5, 0.6) is 0 Å². The summed E-state index contributed by atoms with van der Waals surface area (Å²) in [6, 6.07) is 67.9. The van der Waals surface area contributed by atoms with Gasteiger partial charge in [-0.05, 0) is 98.1 Å². The highest BCUT2D eigenvalue weighted by atomic mass is 15.0. The van der Waals surface area contributed by atoms with E-state index in [1.54, 1.807) is 0 Å². The van der Waals surface area contributed by atoms with Crippen molar-refractivity contribution in [1.29, 1.82) is 0 Å². The van der Waals surface area contributed by atoms with Crippen LogP contribution in [0.15, 0.2) is 188 Å². The van der Waals surface area contributed by atoms with Crippen molar-refractivity contribution in [2.24, 2.45) is 0 Å². The van der Waals surface area contributed by atoms with Crippen LogP contribution in [0.25, 0.3) is 100 Å². The number of para-hydroxylation sites is 3.